The van der Waals surface area contributed by atoms with Gasteiger partial charge in [0.25, 0.3) is 0 Å². The zero-order chi connectivity index (χ0) is 9.97. The summed E-state index contributed by atoms with van der Waals surface area (Å²) in [5.41, 5.74) is 0. The van der Waals surface area contributed by atoms with Crippen molar-refractivity contribution in [3.05, 3.63) is 24.4 Å². The third kappa shape index (κ3) is 1.87. The molecular formula is C11H17N3. The summed E-state index contributed by atoms with van der Waals surface area (Å²) in [5, 5.41) is 0. The molecule has 0 bridgehead atoms. The molecule has 0 unspecified atom stereocenters. The highest BCUT2D eigenvalue weighted by atomic mass is 15.3. The van der Waals surface area contributed by atoms with Gasteiger partial charge in [-0.05, 0) is 26.1 Å². The van der Waals surface area contributed by atoms with Gasteiger partial charge < -0.3 is 9.80 Å². The van der Waals surface area contributed by atoms with Gasteiger partial charge in [-0.2, -0.15) is 0 Å². The average molecular weight is 191 g/mol. The van der Waals surface area contributed by atoms with Gasteiger partial charge in [-0.1, -0.05) is 6.07 Å². The van der Waals surface area contributed by atoms with E-state index in [-0.39, 0.29) is 0 Å². The summed E-state index contributed by atoms with van der Waals surface area (Å²) >= 11 is 0. The number of aromatic nitrogens is 1. The maximum Gasteiger partial charge on any atom is 0.128 e. The van der Waals surface area contributed by atoms with E-state index in [0.29, 0.717) is 6.04 Å². The minimum Gasteiger partial charge on any atom is -0.354 e. The van der Waals surface area contributed by atoms with Gasteiger partial charge in [-0.3, -0.25) is 0 Å². The van der Waals surface area contributed by atoms with Crippen LogP contribution < -0.4 is 4.90 Å². The lowest BCUT2D eigenvalue weighted by molar-refractivity contribution is 0.233. The molecule has 0 spiro atoms. The minimum absolute atomic E-state index is 0.616. The Hall–Kier alpha value is -1.09. The van der Waals surface area contributed by atoms with E-state index in [1.54, 1.807) is 0 Å². The molecule has 2 rings (SSSR count). The Morgan fingerprint density at radius 2 is 2.21 bits per heavy atom. The van der Waals surface area contributed by atoms with Crippen LogP contribution in [0.15, 0.2) is 24.4 Å². The Bertz CT molecular complexity index is 286. The van der Waals surface area contributed by atoms with Crippen LogP contribution >= 0.6 is 0 Å². The van der Waals surface area contributed by atoms with Crippen LogP contribution in [0.5, 0.6) is 0 Å². The normalized spacial score (nSPS) is 23.9. The molecule has 1 aliphatic rings. The molecule has 0 amide bonds. The van der Waals surface area contributed by atoms with Crippen molar-refractivity contribution in [1.29, 1.82) is 0 Å². The topological polar surface area (TPSA) is 19.4 Å². The first-order valence-corrected chi connectivity index (χ1v) is 5.13. The highest BCUT2D eigenvalue weighted by molar-refractivity contribution is 5.38. The molecule has 0 radical (unpaired) electrons. The molecule has 2 heterocycles. The second kappa shape index (κ2) is 3.96. The summed E-state index contributed by atoms with van der Waals surface area (Å²) in [5.74, 6) is 1.10. The standard InChI is InChI=1S/C11H17N3/c1-10-9-14(8-7-13(10)2)11-5-3-4-6-12-11/h3-6,10H,7-9H2,1-2H3/t10-/m1/s1. The number of likely N-dealkylation sites (N-methyl/N-ethyl adjacent to an activating group) is 1. The van der Waals surface area contributed by atoms with Crippen LogP contribution in [-0.2, 0) is 0 Å². The molecule has 1 fully saturated rings. The van der Waals surface area contributed by atoms with Crippen molar-refractivity contribution in [2.24, 2.45) is 0 Å². The highest BCUT2D eigenvalue weighted by Crippen LogP contribution is 2.14. The SMILES string of the molecule is C[C@@H]1CN(c2ccccn2)CCN1C. The number of rotatable bonds is 1. The van der Waals surface area contributed by atoms with Gasteiger partial charge in [0.1, 0.15) is 5.82 Å². The predicted octanol–water partition coefficient (Wildman–Crippen LogP) is 1.22. The lowest BCUT2D eigenvalue weighted by atomic mass is 10.2. The van der Waals surface area contributed by atoms with E-state index in [2.05, 4.69) is 34.8 Å². The molecule has 3 heteroatoms. The Kier molecular flexibility index (Phi) is 2.68. The van der Waals surface area contributed by atoms with Crippen LogP contribution in [-0.4, -0.2) is 42.6 Å². The third-order valence-corrected chi connectivity index (χ3v) is 2.93. The summed E-state index contributed by atoms with van der Waals surface area (Å²) in [6.45, 7) is 5.54. The molecule has 0 saturated carbocycles. The van der Waals surface area contributed by atoms with Crippen molar-refractivity contribution in [2.75, 3.05) is 31.6 Å². The van der Waals surface area contributed by atoms with Crippen molar-refractivity contribution in [2.45, 2.75) is 13.0 Å². The number of hydrogen-bond acceptors (Lipinski definition) is 3. The molecule has 14 heavy (non-hydrogen) atoms. The van der Waals surface area contributed by atoms with Crippen LogP contribution in [0.4, 0.5) is 5.82 Å². The summed E-state index contributed by atoms with van der Waals surface area (Å²) in [7, 11) is 2.18. The lowest BCUT2D eigenvalue weighted by Crippen LogP contribution is -2.50. The monoisotopic (exact) mass is 191 g/mol. The van der Waals surface area contributed by atoms with E-state index >= 15 is 0 Å². The van der Waals surface area contributed by atoms with E-state index in [1.165, 1.54) is 0 Å². The van der Waals surface area contributed by atoms with Gasteiger partial charge in [-0.25, -0.2) is 4.98 Å². The number of pyridine rings is 1. The maximum atomic E-state index is 4.37. The van der Waals surface area contributed by atoms with E-state index in [0.717, 1.165) is 25.5 Å². The molecular weight excluding hydrogens is 174 g/mol. The molecule has 0 aliphatic carbocycles. The summed E-state index contributed by atoms with van der Waals surface area (Å²) < 4.78 is 0. The van der Waals surface area contributed by atoms with Gasteiger partial charge in [0.05, 0.1) is 0 Å². The van der Waals surface area contributed by atoms with Crippen LogP contribution in [0, 0.1) is 0 Å². The molecule has 0 aromatic carbocycles. The van der Waals surface area contributed by atoms with E-state index in [9.17, 15) is 0 Å². The van der Waals surface area contributed by atoms with Gasteiger partial charge in [-0.15, -0.1) is 0 Å². The predicted molar refractivity (Wildman–Crippen MR) is 58.5 cm³/mol. The Labute approximate surface area is 85.4 Å². The molecule has 1 aromatic rings. The van der Waals surface area contributed by atoms with Gasteiger partial charge in [0.15, 0.2) is 0 Å². The fourth-order valence-electron chi connectivity index (χ4n) is 1.80. The first kappa shape index (κ1) is 9.46. The zero-order valence-corrected chi connectivity index (χ0v) is 8.85. The fourth-order valence-corrected chi connectivity index (χ4v) is 1.80. The summed E-state index contributed by atoms with van der Waals surface area (Å²) in [6.07, 6.45) is 1.86. The number of nitrogens with zero attached hydrogens (tertiary/aromatic N) is 3. The lowest BCUT2D eigenvalue weighted by Gasteiger charge is -2.38. The second-order valence-corrected chi connectivity index (χ2v) is 3.96. The maximum absolute atomic E-state index is 4.37. The largest absolute Gasteiger partial charge is 0.354 e. The second-order valence-electron chi connectivity index (χ2n) is 3.96. The van der Waals surface area contributed by atoms with Crippen molar-refractivity contribution in [3.63, 3.8) is 0 Å². The molecule has 1 atom stereocenters. The molecule has 76 valence electrons. The van der Waals surface area contributed by atoms with Crippen molar-refractivity contribution in [3.8, 4) is 0 Å². The number of anilines is 1. The van der Waals surface area contributed by atoms with Crippen LogP contribution in [0.25, 0.3) is 0 Å². The van der Waals surface area contributed by atoms with Crippen LogP contribution in [0.1, 0.15) is 6.92 Å². The van der Waals surface area contributed by atoms with E-state index in [4.69, 9.17) is 0 Å². The Balaban J connectivity index is 2.07. The van der Waals surface area contributed by atoms with E-state index in [1.807, 2.05) is 18.3 Å². The highest BCUT2D eigenvalue weighted by Gasteiger charge is 2.20. The summed E-state index contributed by atoms with van der Waals surface area (Å²) in [6, 6.07) is 6.71. The van der Waals surface area contributed by atoms with Crippen molar-refractivity contribution < 1.29 is 0 Å². The van der Waals surface area contributed by atoms with Gasteiger partial charge >= 0.3 is 0 Å². The quantitative estimate of drug-likeness (QED) is 0.665. The van der Waals surface area contributed by atoms with Crippen LogP contribution in [0.3, 0.4) is 0 Å². The molecule has 1 aromatic heterocycles. The smallest absolute Gasteiger partial charge is 0.128 e. The van der Waals surface area contributed by atoms with Crippen molar-refractivity contribution in [1.82, 2.24) is 9.88 Å². The number of piperazine rings is 1. The molecule has 1 aliphatic heterocycles. The molecule has 3 nitrogen and oxygen atoms in total. The first-order valence-electron chi connectivity index (χ1n) is 5.13. The molecule has 1 saturated heterocycles. The van der Waals surface area contributed by atoms with Gasteiger partial charge in [0.2, 0.25) is 0 Å². The zero-order valence-electron chi connectivity index (χ0n) is 8.85. The number of hydrogen-bond donors (Lipinski definition) is 0. The van der Waals surface area contributed by atoms with Gasteiger partial charge in [0, 0.05) is 31.9 Å². The van der Waals surface area contributed by atoms with Crippen molar-refractivity contribution >= 4 is 5.82 Å². The summed E-state index contributed by atoms with van der Waals surface area (Å²) in [4.78, 5) is 9.11. The third-order valence-electron chi connectivity index (χ3n) is 2.93. The Morgan fingerprint density at radius 3 is 2.86 bits per heavy atom. The average Bonchev–Trinajstić information content (AvgIpc) is 2.23. The van der Waals surface area contributed by atoms with Crippen LogP contribution in [0.2, 0.25) is 0 Å². The first-order chi connectivity index (χ1) is 6.77. The Morgan fingerprint density at radius 1 is 1.36 bits per heavy atom. The minimum atomic E-state index is 0.616. The van der Waals surface area contributed by atoms with E-state index < -0.39 is 0 Å². The molecule has 0 N–H and O–H groups in total. The fraction of sp³-hybridized carbons (Fsp3) is 0.545.